The third kappa shape index (κ3) is 4.40. The molecule has 0 aliphatic rings. The fourth-order valence-corrected chi connectivity index (χ4v) is 2.59. The molecule has 0 saturated carbocycles. The van der Waals surface area contributed by atoms with Crippen molar-refractivity contribution in [3.63, 3.8) is 0 Å². The number of imidazole rings is 1. The lowest BCUT2D eigenvalue weighted by atomic mass is 10.3. The maximum absolute atomic E-state index is 12.1. The van der Waals surface area contributed by atoms with E-state index in [4.69, 9.17) is 0 Å². The Hall–Kier alpha value is -3.56. The molecular formula is C18H22N8O2. The lowest BCUT2D eigenvalue weighted by Crippen LogP contribution is -2.35. The first-order chi connectivity index (χ1) is 13.5. The Kier molecular flexibility index (Phi) is 5.78. The highest BCUT2D eigenvalue weighted by Gasteiger charge is 2.08. The summed E-state index contributed by atoms with van der Waals surface area (Å²) < 4.78 is 3.15. The lowest BCUT2D eigenvalue weighted by molar-refractivity contribution is -0.121. The molecule has 3 heterocycles. The molecular weight excluding hydrogens is 360 g/mol. The number of aromatic nitrogens is 6. The molecule has 2 N–H and O–H groups in total. The van der Waals surface area contributed by atoms with Crippen LogP contribution in [0.1, 0.15) is 17.1 Å². The minimum absolute atomic E-state index is 0.0650. The highest BCUT2D eigenvalue weighted by atomic mass is 16.2. The van der Waals surface area contributed by atoms with Gasteiger partial charge in [0.2, 0.25) is 5.91 Å². The fraction of sp³-hybridized carbons (Fsp3) is 0.333. The first-order valence-electron chi connectivity index (χ1n) is 8.81. The van der Waals surface area contributed by atoms with Gasteiger partial charge in [0, 0.05) is 42.8 Å². The van der Waals surface area contributed by atoms with Crippen molar-refractivity contribution >= 4 is 11.7 Å². The molecule has 0 fully saturated rings. The average Bonchev–Trinajstić information content (AvgIpc) is 3.12. The summed E-state index contributed by atoms with van der Waals surface area (Å²) in [5.41, 5.74) is 1.01. The van der Waals surface area contributed by atoms with Crippen molar-refractivity contribution in [2.24, 2.45) is 0 Å². The number of carbonyl (C=O) groups excluding carboxylic acids is 1. The second kappa shape index (κ2) is 8.42. The number of anilines is 1. The van der Waals surface area contributed by atoms with Crippen LogP contribution in [0.5, 0.6) is 0 Å². The molecule has 0 radical (unpaired) electrons. The molecule has 0 saturated heterocycles. The Morgan fingerprint density at radius 3 is 2.68 bits per heavy atom. The molecule has 10 nitrogen and oxygen atoms in total. The Bertz CT molecular complexity index is 1040. The summed E-state index contributed by atoms with van der Waals surface area (Å²) in [5, 5.41) is 5.90. The second-order valence-electron chi connectivity index (χ2n) is 6.27. The first-order valence-corrected chi connectivity index (χ1v) is 8.81. The van der Waals surface area contributed by atoms with Gasteiger partial charge in [0.15, 0.2) is 0 Å². The van der Waals surface area contributed by atoms with E-state index in [-0.39, 0.29) is 18.0 Å². The molecule has 146 valence electrons. The van der Waals surface area contributed by atoms with Crippen LogP contribution in [0.15, 0.2) is 35.9 Å². The number of carbonyl (C=O) groups is 1. The zero-order valence-corrected chi connectivity index (χ0v) is 16.0. The largest absolute Gasteiger partial charge is 0.368 e. The van der Waals surface area contributed by atoms with E-state index in [1.165, 1.54) is 17.2 Å². The standard InChI is InChI=1S/C18H22N8O2/c1-12-13(2)24-11-25(18(12)28)9-17(27)21-5-4-20-15-8-16(23-10-22-15)26-7-6-19-14(26)3/h6-8,10-11H,4-5,9H2,1-3H3,(H,21,27)(H,20,22,23). The Balaban J connectivity index is 1.50. The molecule has 3 aromatic rings. The fourth-order valence-electron chi connectivity index (χ4n) is 2.59. The summed E-state index contributed by atoms with van der Waals surface area (Å²) in [5.74, 6) is 1.92. The van der Waals surface area contributed by atoms with Gasteiger partial charge in [-0.05, 0) is 20.8 Å². The van der Waals surface area contributed by atoms with Crippen LogP contribution in [0.4, 0.5) is 5.82 Å². The van der Waals surface area contributed by atoms with Crippen LogP contribution < -0.4 is 16.2 Å². The highest BCUT2D eigenvalue weighted by molar-refractivity contribution is 5.75. The van der Waals surface area contributed by atoms with Crippen molar-refractivity contribution < 1.29 is 4.79 Å². The van der Waals surface area contributed by atoms with E-state index in [1.54, 1.807) is 26.1 Å². The van der Waals surface area contributed by atoms with Crippen LogP contribution in [0.2, 0.25) is 0 Å². The van der Waals surface area contributed by atoms with E-state index in [2.05, 4.69) is 30.6 Å². The van der Waals surface area contributed by atoms with Crippen molar-refractivity contribution in [1.29, 1.82) is 0 Å². The van der Waals surface area contributed by atoms with Gasteiger partial charge in [-0.2, -0.15) is 0 Å². The van der Waals surface area contributed by atoms with Gasteiger partial charge in [0.05, 0.1) is 6.33 Å². The van der Waals surface area contributed by atoms with Crippen LogP contribution in [0, 0.1) is 20.8 Å². The van der Waals surface area contributed by atoms with E-state index >= 15 is 0 Å². The predicted molar refractivity (Wildman–Crippen MR) is 103 cm³/mol. The monoisotopic (exact) mass is 382 g/mol. The van der Waals surface area contributed by atoms with Gasteiger partial charge < -0.3 is 10.6 Å². The molecule has 0 spiro atoms. The SMILES string of the molecule is Cc1ncn(CC(=O)NCCNc2cc(-n3ccnc3C)ncn2)c(=O)c1C. The minimum atomic E-state index is -0.258. The molecule has 0 bridgehead atoms. The Labute approximate surface area is 161 Å². The first kappa shape index (κ1) is 19.2. The molecule has 1 amide bonds. The number of nitrogens with one attached hydrogen (secondary N) is 2. The Morgan fingerprint density at radius 1 is 1.11 bits per heavy atom. The summed E-state index contributed by atoms with van der Waals surface area (Å²) in [6, 6.07) is 1.80. The molecule has 3 aromatic heterocycles. The molecule has 3 rings (SSSR count). The summed E-state index contributed by atoms with van der Waals surface area (Å²) in [7, 11) is 0. The predicted octanol–water partition coefficient (Wildman–Crippen LogP) is 0.373. The summed E-state index contributed by atoms with van der Waals surface area (Å²) >= 11 is 0. The van der Waals surface area contributed by atoms with Crippen molar-refractivity contribution in [2.75, 3.05) is 18.4 Å². The second-order valence-corrected chi connectivity index (χ2v) is 6.27. The van der Waals surface area contributed by atoms with Gasteiger partial charge in [-0.1, -0.05) is 0 Å². The minimum Gasteiger partial charge on any atom is -0.368 e. The third-order valence-corrected chi connectivity index (χ3v) is 4.31. The maximum atomic E-state index is 12.1. The quantitative estimate of drug-likeness (QED) is 0.567. The molecule has 28 heavy (non-hydrogen) atoms. The van der Waals surface area contributed by atoms with Crippen LogP contribution in [0.3, 0.4) is 0 Å². The van der Waals surface area contributed by atoms with Gasteiger partial charge in [-0.25, -0.2) is 19.9 Å². The number of rotatable bonds is 7. The van der Waals surface area contributed by atoms with Crippen LogP contribution >= 0.6 is 0 Å². The molecule has 0 atom stereocenters. The van der Waals surface area contributed by atoms with E-state index in [0.717, 1.165) is 5.82 Å². The van der Waals surface area contributed by atoms with Crippen molar-refractivity contribution in [3.05, 3.63) is 58.6 Å². The number of hydrogen-bond acceptors (Lipinski definition) is 7. The lowest BCUT2D eigenvalue weighted by Gasteiger charge is -2.10. The zero-order chi connectivity index (χ0) is 20.1. The molecule has 0 aromatic carbocycles. The summed E-state index contributed by atoms with van der Waals surface area (Å²) in [6.45, 7) is 6.15. The highest BCUT2D eigenvalue weighted by Crippen LogP contribution is 2.10. The number of amides is 1. The normalized spacial score (nSPS) is 10.7. The maximum Gasteiger partial charge on any atom is 0.256 e. The topological polar surface area (TPSA) is 120 Å². The van der Waals surface area contributed by atoms with Crippen molar-refractivity contribution in [1.82, 2.24) is 34.4 Å². The number of hydrogen-bond donors (Lipinski definition) is 2. The third-order valence-electron chi connectivity index (χ3n) is 4.31. The van der Waals surface area contributed by atoms with E-state index in [0.29, 0.717) is 36.0 Å². The van der Waals surface area contributed by atoms with Gasteiger partial charge in [0.25, 0.3) is 5.56 Å². The van der Waals surface area contributed by atoms with Gasteiger partial charge in [0.1, 0.15) is 30.3 Å². The van der Waals surface area contributed by atoms with Gasteiger partial charge >= 0.3 is 0 Å². The molecule has 0 aliphatic heterocycles. The molecule has 0 unspecified atom stereocenters. The number of nitrogens with zero attached hydrogens (tertiary/aromatic N) is 6. The van der Waals surface area contributed by atoms with Crippen LogP contribution in [-0.4, -0.2) is 48.1 Å². The summed E-state index contributed by atoms with van der Waals surface area (Å²) in [4.78, 5) is 40.9. The molecule has 10 heteroatoms. The molecule has 0 aliphatic carbocycles. The van der Waals surface area contributed by atoms with E-state index < -0.39 is 0 Å². The van der Waals surface area contributed by atoms with Crippen LogP contribution in [-0.2, 0) is 11.3 Å². The smallest absolute Gasteiger partial charge is 0.256 e. The van der Waals surface area contributed by atoms with Crippen molar-refractivity contribution in [2.45, 2.75) is 27.3 Å². The van der Waals surface area contributed by atoms with Crippen LogP contribution in [0.25, 0.3) is 5.82 Å². The van der Waals surface area contributed by atoms with E-state index in [9.17, 15) is 9.59 Å². The Morgan fingerprint density at radius 2 is 1.93 bits per heavy atom. The van der Waals surface area contributed by atoms with Gasteiger partial charge in [-0.15, -0.1) is 0 Å². The van der Waals surface area contributed by atoms with Gasteiger partial charge in [-0.3, -0.25) is 18.7 Å². The summed E-state index contributed by atoms with van der Waals surface area (Å²) in [6.07, 6.45) is 6.39. The van der Waals surface area contributed by atoms with E-state index in [1.807, 2.05) is 17.7 Å². The zero-order valence-electron chi connectivity index (χ0n) is 16.0. The van der Waals surface area contributed by atoms with Crippen molar-refractivity contribution in [3.8, 4) is 5.82 Å². The number of aryl methyl sites for hydroxylation is 2. The average molecular weight is 382 g/mol.